The fourth-order valence-corrected chi connectivity index (χ4v) is 3.79. The summed E-state index contributed by atoms with van der Waals surface area (Å²) < 4.78 is 0. The molecule has 0 spiro atoms. The van der Waals surface area contributed by atoms with Gasteiger partial charge in [-0.3, -0.25) is 14.4 Å². The zero-order chi connectivity index (χ0) is 21.6. The molecule has 156 valence electrons. The molecule has 5 heteroatoms. The van der Waals surface area contributed by atoms with E-state index in [4.69, 9.17) is 0 Å². The zero-order valence-corrected chi connectivity index (χ0v) is 17.2. The third-order valence-electron chi connectivity index (χ3n) is 5.58. The lowest BCUT2D eigenvalue weighted by atomic mass is 10.0. The highest BCUT2D eigenvalue weighted by molar-refractivity contribution is 6.09. The maximum absolute atomic E-state index is 12.9. The summed E-state index contributed by atoms with van der Waals surface area (Å²) in [6.07, 6.45) is 1.43. The molecule has 1 aliphatic rings. The number of carbonyl (C=O) groups is 3. The van der Waals surface area contributed by atoms with Crippen molar-refractivity contribution in [2.24, 2.45) is 0 Å². The Bertz CT molecular complexity index is 1050. The van der Waals surface area contributed by atoms with Crippen LogP contribution in [0.4, 0.5) is 0 Å². The van der Waals surface area contributed by atoms with E-state index in [2.05, 4.69) is 5.32 Å². The molecule has 1 aliphatic heterocycles. The molecule has 3 aromatic carbocycles. The summed E-state index contributed by atoms with van der Waals surface area (Å²) in [4.78, 5) is 39.5. The van der Waals surface area contributed by atoms with Gasteiger partial charge in [0.05, 0.1) is 0 Å². The molecule has 1 heterocycles. The Morgan fingerprint density at radius 3 is 1.71 bits per heavy atom. The van der Waals surface area contributed by atoms with Crippen LogP contribution in [0.15, 0.2) is 84.9 Å². The van der Waals surface area contributed by atoms with E-state index < -0.39 is 0 Å². The van der Waals surface area contributed by atoms with Crippen molar-refractivity contribution in [3.63, 3.8) is 0 Å². The third-order valence-corrected chi connectivity index (χ3v) is 5.58. The minimum Gasteiger partial charge on any atom is -0.349 e. The second-order valence-electron chi connectivity index (χ2n) is 7.68. The monoisotopic (exact) mass is 412 g/mol. The van der Waals surface area contributed by atoms with Crippen molar-refractivity contribution in [3.8, 4) is 0 Å². The number of nitrogens with one attached hydrogen (secondary N) is 1. The Morgan fingerprint density at radius 2 is 1.13 bits per heavy atom. The molecular formula is C26H24N2O3. The smallest absolute Gasteiger partial charge is 0.253 e. The van der Waals surface area contributed by atoms with E-state index in [1.807, 2.05) is 36.4 Å². The largest absolute Gasteiger partial charge is 0.349 e. The second kappa shape index (κ2) is 9.39. The van der Waals surface area contributed by atoms with E-state index in [1.165, 1.54) is 0 Å². The van der Waals surface area contributed by atoms with Crippen molar-refractivity contribution in [1.29, 1.82) is 0 Å². The summed E-state index contributed by atoms with van der Waals surface area (Å²) in [6, 6.07) is 25.1. The first-order valence-electron chi connectivity index (χ1n) is 10.5. The summed E-state index contributed by atoms with van der Waals surface area (Å²) in [5.41, 5.74) is 2.40. The number of rotatable bonds is 5. The predicted molar refractivity (Wildman–Crippen MR) is 119 cm³/mol. The Labute approximate surface area is 181 Å². The van der Waals surface area contributed by atoms with Gasteiger partial charge in [0, 0.05) is 41.4 Å². The lowest BCUT2D eigenvalue weighted by Gasteiger charge is -2.32. The topological polar surface area (TPSA) is 66.5 Å². The third kappa shape index (κ3) is 4.89. The van der Waals surface area contributed by atoms with Crippen molar-refractivity contribution < 1.29 is 14.4 Å². The van der Waals surface area contributed by atoms with Crippen molar-refractivity contribution in [3.05, 3.63) is 107 Å². The van der Waals surface area contributed by atoms with Crippen molar-refractivity contribution in [2.45, 2.75) is 18.9 Å². The summed E-state index contributed by atoms with van der Waals surface area (Å²) in [5, 5.41) is 3.06. The first-order valence-corrected chi connectivity index (χ1v) is 10.5. The van der Waals surface area contributed by atoms with Gasteiger partial charge in [-0.25, -0.2) is 0 Å². The van der Waals surface area contributed by atoms with Gasteiger partial charge in [0.25, 0.3) is 11.8 Å². The lowest BCUT2D eigenvalue weighted by Crippen LogP contribution is -2.46. The summed E-state index contributed by atoms with van der Waals surface area (Å²) >= 11 is 0. The van der Waals surface area contributed by atoms with E-state index in [0.717, 1.165) is 12.8 Å². The maximum Gasteiger partial charge on any atom is 0.253 e. The van der Waals surface area contributed by atoms with E-state index >= 15 is 0 Å². The standard InChI is InChI=1S/C26H24N2O3/c29-24(19-7-3-1-4-8-19)20-11-13-22(14-12-20)26(31)28-17-15-23(16-18-28)27-25(30)21-9-5-2-6-10-21/h1-14,23H,15-18H2,(H,27,30). The van der Waals surface area contributed by atoms with Crippen LogP contribution in [-0.4, -0.2) is 41.6 Å². The molecule has 1 fully saturated rings. The number of benzene rings is 3. The Hall–Kier alpha value is -3.73. The van der Waals surface area contributed by atoms with Crippen molar-refractivity contribution >= 4 is 17.6 Å². The Kier molecular flexibility index (Phi) is 6.22. The summed E-state index contributed by atoms with van der Waals surface area (Å²) in [5.74, 6) is -0.190. The predicted octanol–water partition coefficient (Wildman–Crippen LogP) is 3.95. The Morgan fingerprint density at radius 1 is 0.645 bits per heavy atom. The number of ketones is 1. The van der Waals surface area contributed by atoms with Crippen molar-refractivity contribution in [2.75, 3.05) is 13.1 Å². The number of piperidine rings is 1. The minimum atomic E-state index is -0.0796. The number of hydrogen-bond acceptors (Lipinski definition) is 3. The van der Waals surface area contributed by atoms with Gasteiger partial charge >= 0.3 is 0 Å². The molecule has 2 amide bonds. The first kappa shape index (κ1) is 20.5. The van der Waals surface area contributed by atoms with Gasteiger partial charge in [0.2, 0.25) is 0 Å². The van der Waals surface area contributed by atoms with E-state index in [1.54, 1.807) is 53.4 Å². The van der Waals surface area contributed by atoms with Crippen LogP contribution in [0.5, 0.6) is 0 Å². The van der Waals surface area contributed by atoms with Crippen LogP contribution in [0, 0.1) is 0 Å². The van der Waals surface area contributed by atoms with Crippen LogP contribution in [0.2, 0.25) is 0 Å². The molecule has 0 bridgehead atoms. The minimum absolute atomic E-state index is 0.0495. The van der Waals surface area contributed by atoms with Gasteiger partial charge in [-0.1, -0.05) is 60.7 Å². The normalized spacial score (nSPS) is 14.1. The van der Waals surface area contributed by atoms with Gasteiger partial charge in [-0.15, -0.1) is 0 Å². The molecule has 0 radical (unpaired) electrons. The molecule has 5 nitrogen and oxygen atoms in total. The SMILES string of the molecule is O=C(NC1CCN(C(=O)c2ccc(C(=O)c3ccccc3)cc2)CC1)c1ccccc1. The fraction of sp³-hybridized carbons (Fsp3) is 0.192. The number of carbonyl (C=O) groups excluding carboxylic acids is 3. The van der Waals surface area contributed by atoms with Gasteiger partial charge in [0.15, 0.2) is 5.78 Å². The number of amides is 2. The van der Waals surface area contributed by atoms with Crippen LogP contribution in [-0.2, 0) is 0 Å². The fourth-order valence-electron chi connectivity index (χ4n) is 3.79. The average Bonchev–Trinajstić information content (AvgIpc) is 2.85. The summed E-state index contributed by atoms with van der Waals surface area (Å²) in [7, 11) is 0. The number of nitrogens with zero attached hydrogens (tertiary/aromatic N) is 1. The van der Waals surface area contributed by atoms with Gasteiger partial charge in [-0.2, -0.15) is 0 Å². The van der Waals surface area contributed by atoms with Gasteiger partial charge in [0.1, 0.15) is 0 Å². The lowest BCUT2D eigenvalue weighted by molar-refractivity contribution is 0.0697. The van der Waals surface area contributed by atoms with Crippen LogP contribution in [0.1, 0.15) is 49.5 Å². The highest BCUT2D eigenvalue weighted by atomic mass is 16.2. The van der Waals surface area contributed by atoms with Crippen LogP contribution < -0.4 is 5.32 Å². The molecule has 0 aromatic heterocycles. The highest BCUT2D eigenvalue weighted by Gasteiger charge is 2.25. The van der Waals surface area contributed by atoms with E-state index in [-0.39, 0.29) is 23.6 Å². The van der Waals surface area contributed by atoms with E-state index in [9.17, 15) is 14.4 Å². The molecular weight excluding hydrogens is 388 g/mol. The van der Waals surface area contributed by atoms with Crippen LogP contribution in [0.25, 0.3) is 0 Å². The number of likely N-dealkylation sites (tertiary alicyclic amines) is 1. The second-order valence-corrected chi connectivity index (χ2v) is 7.68. The Balaban J connectivity index is 1.32. The van der Waals surface area contributed by atoms with Crippen LogP contribution >= 0.6 is 0 Å². The number of hydrogen-bond donors (Lipinski definition) is 1. The maximum atomic E-state index is 12.9. The molecule has 31 heavy (non-hydrogen) atoms. The first-order chi connectivity index (χ1) is 15.1. The molecule has 0 unspecified atom stereocenters. The van der Waals surface area contributed by atoms with Gasteiger partial charge < -0.3 is 10.2 Å². The molecule has 1 N–H and O–H groups in total. The van der Waals surface area contributed by atoms with Crippen LogP contribution in [0.3, 0.4) is 0 Å². The molecule has 1 saturated heterocycles. The molecule has 4 rings (SSSR count). The molecule has 0 aliphatic carbocycles. The van der Waals surface area contributed by atoms with E-state index in [0.29, 0.717) is 35.3 Å². The van der Waals surface area contributed by atoms with Gasteiger partial charge in [-0.05, 0) is 37.1 Å². The quantitative estimate of drug-likeness (QED) is 0.645. The molecule has 0 atom stereocenters. The molecule has 3 aromatic rings. The summed E-state index contributed by atoms with van der Waals surface area (Å²) in [6.45, 7) is 1.17. The average molecular weight is 412 g/mol. The zero-order valence-electron chi connectivity index (χ0n) is 17.2. The highest BCUT2D eigenvalue weighted by Crippen LogP contribution is 2.17. The molecule has 0 saturated carbocycles. The van der Waals surface area contributed by atoms with Crippen molar-refractivity contribution in [1.82, 2.24) is 10.2 Å².